The van der Waals surface area contributed by atoms with E-state index in [0.29, 0.717) is 6.54 Å². The monoisotopic (exact) mass is 352 g/mol. The van der Waals surface area contributed by atoms with E-state index >= 15 is 0 Å². The van der Waals surface area contributed by atoms with Crippen molar-refractivity contribution >= 4 is 11.8 Å². The zero-order valence-electron chi connectivity index (χ0n) is 14.8. The van der Waals surface area contributed by atoms with Crippen LogP contribution in [0.1, 0.15) is 29.7 Å². The summed E-state index contributed by atoms with van der Waals surface area (Å²) in [5, 5.41) is 9.38. The van der Waals surface area contributed by atoms with E-state index in [1.54, 1.807) is 6.33 Å². The van der Waals surface area contributed by atoms with Crippen molar-refractivity contribution in [2.45, 2.75) is 32.4 Å². The Morgan fingerprint density at radius 3 is 2.85 bits per heavy atom. The zero-order chi connectivity index (χ0) is 17.9. The van der Waals surface area contributed by atoms with Crippen LogP contribution in [0, 0.1) is 5.92 Å². The Morgan fingerprint density at radius 1 is 1.19 bits per heavy atom. The number of carbonyl (C=O) groups is 1. The fourth-order valence-corrected chi connectivity index (χ4v) is 4.00. The summed E-state index contributed by atoms with van der Waals surface area (Å²) in [6.07, 6.45) is 4.18. The quantitative estimate of drug-likeness (QED) is 0.911. The molecule has 2 aliphatic heterocycles. The second-order valence-electron chi connectivity index (χ2n) is 7.19. The van der Waals surface area contributed by atoms with Crippen molar-refractivity contribution in [3.63, 3.8) is 0 Å². The van der Waals surface area contributed by atoms with Crippen molar-refractivity contribution in [2.24, 2.45) is 5.92 Å². The van der Waals surface area contributed by atoms with E-state index in [4.69, 9.17) is 0 Å². The molecule has 1 aromatic carbocycles. The lowest BCUT2D eigenvalue weighted by Gasteiger charge is -2.35. The van der Waals surface area contributed by atoms with Crippen LogP contribution in [0.3, 0.4) is 0 Å². The molecule has 0 spiro atoms. The van der Waals surface area contributed by atoms with Gasteiger partial charge in [-0.1, -0.05) is 30.3 Å². The number of hydrogen-bond donors (Lipinski definition) is 1. The number of hydrogen-bond acceptors (Lipinski definition) is 5. The van der Waals surface area contributed by atoms with E-state index in [1.165, 1.54) is 11.1 Å². The molecule has 0 saturated carbocycles. The highest BCUT2D eigenvalue weighted by Gasteiger charge is 2.29. The predicted molar refractivity (Wildman–Crippen MR) is 98.9 cm³/mol. The molecule has 4 rings (SSSR count). The molecule has 3 heterocycles. The maximum Gasteiger partial charge on any atom is 0.308 e. The summed E-state index contributed by atoms with van der Waals surface area (Å²) >= 11 is 0. The second-order valence-corrected chi connectivity index (χ2v) is 7.19. The number of piperidine rings is 1. The van der Waals surface area contributed by atoms with Gasteiger partial charge >= 0.3 is 5.97 Å². The summed E-state index contributed by atoms with van der Waals surface area (Å²) in [7, 11) is 0. The van der Waals surface area contributed by atoms with Gasteiger partial charge in [-0.3, -0.25) is 9.69 Å². The highest BCUT2D eigenvalue weighted by molar-refractivity contribution is 5.71. The number of nitrogens with zero attached hydrogens (tertiary/aromatic N) is 4. The molecule has 2 aliphatic rings. The molecule has 1 saturated heterocycles. The van der Waals surface area contributed by atoms with E-state index in [2.05, 4.69) is 44.0 Å². The summed E-state index contributed by atoms with van der Waals surface area (Å²) in [6.45, 7) is 4.11. The number of benzene rings is 1. The first kappa shape index (κ1) is 17.0. The summed E-state index contributed by atoms with van der Waals surface area (Å²) in [6, 6.07) is 10.5. The lowest BCUT2D eigenvalue weighted by molar-refractivity contribution is -0.141. The predicted octanol–water partition coefficient (Wildman–Crippen LogP) is 2.34. The van der Waals surface area contributed by atoms with E-state index < -0.39 is 5.97 Å². The third-order valence-corrected chi connectivity index (χ3v) is 5.38. The molecule has 6 nitrogen and oxygen atoms in total. The lowest BCUT2D eigenvalue weighted by atomic mass is 9.97. The van der Waals surface area contributed by atoms with Crippen molar-refractivity contribution in [2.75, 3.05) is 24.5 Å². The Morgan fingerprint density at radius 2 is 2.04 bits per heavy atom. The minimum Gasteiger partial charge on any atom is -0.481 e. The third kappa shape index (κ3) is 3.55. The van der Waals surface area contributed by atoms with Gasteiger partial charge in [-0.05, 0) is 18.4 Å². The maximum atomic E-state index is 11.4. The fourth-order valence-electron chi connectivity index (χ4n) is 4.00. The van der Waals surface area contributed by atoms with E-state index in [9.17, 15) is 9.90 Å². The molecule has 1 aromatic heterocycles. The van der Waals surface area contributed by atoms with Crippen LogP contribution in [0.5, 0.6) is 0 Å². The van der Waals surface area contributed by atoms with Gasteiger partial charge in [-0.15, -0.1) is 0 Å². The fraction of sp³-hybridized carbons (Fsp3) is 0.450. The average molecular weight is 352 g/mol. The number of aromatic nitrogens is 2. The molecule has 1 atom stereocenters. The van der Waals surface area contributed by atoms with Crippen molar-refractivity contribution in [3.05, 3.63) is 53.5 Å². The molecule has 1 fully saturated rings. The Bertz CT molecular complexity index is 781. The van der Waals surface area contributed by atoms with Gasteiger partial charge in [0.25, 0.3) is 0 Å². The smallest absolute Gasteiger partial charge is 0.308 e. The van der Waals surface area contributed by atoms with Crippen LogP contribution in [-0.2, 0) is 24.3 Å². The summed E-state index contributed by atoms with van der Waals surface area (Å²) < 4.78 is 0. The van der Waals surface area contributed by atoms with Crippen molar-refractivity contribution in [1.29, 1.82) is 0 Å². The molecule has 26 heavy (non-hydrogen) atoms. The molecule has 136 valence electrons. The lowest BCUT2D eigenvalue weighted by Crippen LogP contribution is -2.41. The number of carboxylic acids is 1. The first-order valence-corrected chi connectivity index (χ1v) is 9.27. The van der Waals surface area contributed by atoms with Gasteiger partial charge in [0.2, 0.25) is 0 Å². The number of rotatable bonds is 4. The Kier molecular flexibility index (Phi) is 4.84. The standard InChI is InChI=1S/C20H24N4O2/c25-20(26)16-7-4-9-24(12-16)19-17-13-23(10-8-18(17)21-14-22-19)11-15-5-2-1-3-6-15/h1-3,5-6,14,16H,4,7-13H2,(H,25,26). The molecular formula is C20H24N4O2. The third-order valence-electron chi connectivity index (χ3n) is 5.38. The van der Waals surface area contributed by atoms with Gasteiger partial charge in [0, 0.05) is 44.7 Å². The van der Waals surface area contributed by atoms with Crippen molar-refractivity contribution in [3.8, 4) is 0 Å². The Balaban J connectivity index is 1.55. The van der Waals surface area contributed by atoms with Gasteiger partial charge in [-0.2, -0.15) is 0 Å². The number of anilines is 1. The van der Waals surface area contributed by atoms with Crippen LogP contribution in [0.25, 0.3) is 0 Å². The molecule has 6 heteroatoms. The van der Waals surface area contributed by atoms with Crippen LogP contribution in [-0.4, -0.2) is 45.6 Å². The number of fused-ring (bicyclic) bond motifs is 1. The van der Waals surface area contributed by atoms with Gasteiger partial charge in [0.15, 0.2) is 0 Å². The van der Waals surface area contributed by atoms with Gasteiger partial charge < -0.3 is 10.0 Å². The molecule has 0 radical (unpaired) electrons. The van der Waals surface area contributed by atoms with E-state index in [1.807, 2.05) is 6.07 Å². The largest absolute Gasteiger partial charge is 0.481 e. The second kappa shape index (κ2) is 7.41. The maximum absolute atomic E-state index is 11.4. The number of carboxylic acid groups (broad SMARTS) is 1. The molecule has 1 unspecified atom stereocenters. The van der Waals surface area contributed by atoms with Crippen LogP contribution < -0.4 is 4.90 Å². The zero-order valence-corrected chi connectivity index (χ0v) is 14.8. The van der Waals surface area contributed by atoms with E-state index in [-0.39, 0.29) is 5.92 Å². The molecule has 0 bridgehead atoms. The molecule has 0 aliphatic carbocycles. The highest BCUT2D eigenvalue weighted by Crippen LogP contribution is 2.29. The topological polar surface area (TPSA) is 69.6 Å². The van der Waals surface area contributed by atoms with Crippen LogP contribution in [0.4, 0.5) is 5.82 Å². The summed E-state index contributed by atoms with van der Waals surface area (Å²) in [5.74, 6) is -0.0829. The first-order valence-electron chi connectivity index (χ1n) is 9.27. The number of aliphatic carboxylic acids is 1. The van der Waals surface area contributed by atoms with E-state index in [0.717, 1.165) is 57.0 Å². The van der Waals surface area contributed by atoms with Gasteiger partial charge in [-0.25, -0.2) is 9.97 Å². The molecule has 1 N–H and O–H groups in total. The Hall–Kier alpha value is -2.47. The molecule has 2 aromatic rings. The first-order chi connectivity index (χ1) is 12.7. The molecule has 0 amide bonds. The van der Waals surface area contributed by atoms with Crippen LogP contribution >= 0.6 is 0 Å². The van der Waals surface area contributed by atoms with Crippen molar-refractivity contribution in [1.82, 2.24) is 14.9 Å². The van der Waals surface area contributed by atoms with Gasteiger partial charge in [0.1, 0.15) is 12.1 Å². The summed E-state index contributed by atoms with van der Waals surface area (Å²) in [4.78, 5) is 25.0. The SMILES string of the molecule is O=C(O)C1CCCN(c2ncnc3c2CN(Cc2ccccc2)CC3)C1. The summed E-state index contributed by atoms with van der Waals surface area (Å²) in [5.41, 5.74) is 3.58. The minimum atomic E-state index is -0.705. The van der Waals surface area contributed by atoms with Crippen LogP contribution in [0.15, 0.2) is 36.7 Å². The van der Waals surface area contributed by atoms with Crippen LogP contribution in [0.2, 0.25) is 0 Å². The highest BCUT2D eigenvalue weighted by atomic mass is 16.4. The minimum absolute atomic E-state index is 0.307. The normalized spacial score (nSPS) is 20.6. The average Bonchev–Trinajstić information content (AvgIpc) is 2.68. The Labute approximate surface area is 153 Å². The van der Waals surface area contributed by atoms with Gasteiger partial charge in [0.05, 0.1) is 11.6 Å². The van der Waals surface area contributed by atoms with Crippen molar-refractivity contribution < 1.29 is 9.90 Å². The molecular weight excluding hydrogens is 328 g/mol.